The molecule has 0 aromatic heterocycles. The number of morpholine rings is 1. The Morgan fingerprint density at radius 2 is 2.05 bits per heavy atom. The highest BCUT2D eigenvalue weighted by molar-refractivity contribution is 6.35. The van der Waals surface area contributed by atoms with Gasteiger partial charge >= 0.3 is 0 Å². The van der Waals surface area contributed by atoms with Gasteiger partial charge < -0.3 is 15.4 Å². The van der Waals surface area contributed by atoms with E-state index in [1.165, 1.54) is 0 Å². The van der Waals surface area contributed by atoms with E-state index in [1.54, 1.807) is 13.1 Å². The summed E-state index contributed by atoms with van der Waals surface area (Å²) in [5, 5.41) is 7.85. The van der Waals surface area contributed by atoms with E-state index in [9.17, 15) is 0 Å². The fraction of sp³-hybridized carbons (Fsp3) is 0.533. The van der Waals surface area contributed by atoms with Crippen LogP contribution in [-0.2, 0) is 11.3 Å². The lowest BCUT2D eigenvalue weighted by Crippen LogP contribution is -2.44. The molecule has 7 heteroatoms. The maximum Gasteiger partial charge on any atom is 0.191 e. The van der Waals surface area contributed by atoms with Gasteiger partial charge in [0, 0.05) is 49.8 Å². The van der Waals surface area contributed by atoms with Crippen molar-refractivity contribution in [1.82, 2.24) is 15.5 Å². The van der Waals surface area contributed by atoms with Crippen LogP contribution in [0.25, 0.3) is 0 Å². The van der Waals surface area contributed by atoms with E-state index in [4.69, 9.17) is 27.9 Å². The second-order valence-corrected chi connectivity index (χ2v) is 5.89. The molecule has 2 N–H and O–H groups in total. The maximum atomic E-state index is 6.16. The van der Waals surface area contributed by atoms with Crippen LogP contribution < -0.4 is 10.6 Å². The van der Waals surface area contributed by atoms with E-state index in [1.807, 2.05) is 12.1 Å². The summed E-state index contributed by atoms with van der Waals surface area (Å²) in [6, 6.07) is 5.49. The van der Waals surface area contributed by atoms with Gasteiger partial charge in [-0.15, -0.1) is 0 Å². The molecule has 0 bridgehead atoms. The lowest BCUT2D eigenvalue weighted by atomic mass is 10.2. The number of nitrogens with one attached hydrogen (secondary N) is 2. The number of hydrogen-bond acceptors (Lipinski definition) is 3. The molecule has 0 amide bonds. The summed E-state index contributed by atoms with van der Waals surface area (Å²) in [6.07, 6.45) is 0. The monoisotopic (exact) mass is 344 g/mol. The Morgan fingerprint density at radius 3 is 2.73 bits per heavy atom. The van der Waals surface area contributed by atoms with Crippen molar-refractivity contribution in [2.45, 2.75) is 6.54 Å². The van der Waals surface area contributed by atoms with Crippen LogP contribution in [-0.4, -0.2) is 57.3 Å². The molecule has 0 spiro atoms. The number of guanidine groups is 1. The highest BCUT2D eigenvalue weighted by atomic mass is 35.5. The Balaban J connectivity index is 1.72. The van der Waals surface area contributed by atoms with Crippen LogP contribution in [0.15, 0.2) is 23.2 Å². The third-order valence-electron chi connectivity index (χ3n) is 3.51. The van der Waals surface area contributed by atoms with Crippen LogP contribution in [0.2, 0.25) is 10.0 Å². The topological polar surface area (TPSA) is 48.9 Å². The lowest BCUT2D eigenvalue weighted by molar-refractivity contribution is 0.0389. The number of benzene rings is 1. The molecule has 1 aliphatic rings. The molecular formula is C15H22Cl2N4O. The number of halogens is 2. The van der Waals surface area contributed by atoms with Gasteiger partial charge in [0.2, 0.25) is 0 Å². The molecule has 0 atom stereocenters. The molecule has 1 aliphatic heterocycles. The molecule has 0 saturated carbocycles. The van der Waals surface area contributed by atoms with Crippen LogP contribution in [0.3, 0.4) is 0 Å². The van der Waals surface area contributed by atoms with Crippen LogP contribution >= 0.6 is 23.2 Å². The molecule has 1 fully saturated rings. The predicted molar refractivity (Wildman–Crippen MR) is 91.9 cm³/mol. The van der Waals surface area contributed by atoms with Crippen molar-refractivity contribution >= 4 is 29.2 Å². The van der Waals surface area contributed by atoms with Crippen molar-refractivity contribution < 1.29 is 4.74 Å². The number of aliphatic imine (C=N–C) groups is 1. The number of ether oxygens (including phenoxy) is 1. The van der Waals surface area contributed by atoms with E-state index in [0.717, 1.165) is 50.9 Å². The van der Waals surface area contributed by atoms with Gasteiger partial charge in [-0.25, -0.2) is 0 Å². The first-order valence-electron chi connectivity index (χ1n) is 7.37. The molecule has 122 valence electrons. The number of hydrogen-bond donors (Lipinski definition) is 2. The highest BCUT2D eigenvalue weighted by Gasteiger charge is 2.09. The summed E-state index contributed by atoms with van der Waals surface area (Å²) < 4.78 is 5.34. The third-order valence-corrected chi connectivity index (χ3v) is 4.10. The average molecular weight is 345 g/mol. The molecule has 5 nitrogen and oxygen atoms in total. The summed E-state index contributed by atoms with van der Waals surface area (Å²) in [7, 11) is 1.76. The first-order valence-corrected chi connectivity index (χ1v) is 8.13. The second kappa shape index (κ2) is 9.20. The van der Waals surface area contributed by atoms with Crippen molar-refractivity contribution in [3.05, 3.63) is 33.8 Å². The summed E-state index contributed by atoms with van der Waals surface area (Å²) >= 11 is 12.1. The van der Waals surface area contributed by atoms with Gasteiger partial charge in [0.25, 0.3) is 0 Å². The minimum Gasteiger partial charge on any atom is -0.379 e. The fourth-order valence-corrected chi connectivity index (χ4v) is 2.70. The maximum absolute atomic E-state index is 6.16. The quantitative estimate of drug-likeness (QED) is 0.633. The number of nitrogens with zero attached hydrogens (tertiary/aromatic N) is 2. The number of rotatable bonds is 5. The van der Waals surface area contributed by atoms with Gasteiger partial charge in [0.1, 0.15) is 0 Å². The molecule has 2 rings (SSSR count). The van der Waals surface area contributed by atoms with E-state index in [-0.39, 0.29) is 0 Å². The molecular weight excluding hydrogens is 323 g/mol. The molecule has 0 radical (unpaired) electrons. The Labute approximate surface area is 141 Å². The second-order valence-electron chi connectivity index (χ2n) is 5.04. The zero-order chi connectivity index (χ0) is 15.8. The fourth-order valence-electron chi connectivity index (χ4n) is 2.22. The van der Waals surface area contributed by atoms with Crippen molar-refractivity contribution in [3.8, 4) is 0 Å². The zero-order valence-electron chi connectivity index (χ0n) is 12.7. The van der Waals surface area contributed by atoms with E-state index in [0.29, 0.717) is 16.6 Å². The van der Waals surface area contributed by atoms with Crippen LogP contribution in [0.4, 0.5) is 0 Å². The summed E-state index contributed by atoms with van der Waals surface area (Å²) in [4.78, 5) is 6.59. The Morgan fingerprint density at radius 1 is 1.27 bits per heavy atom. The molecule has 0 unspecified atom stereocenters. The van der Waals surface area contributed by atoms with Crippen LogP contribution in [0.1, 0.15) is 5.56 Å². The van der Waals surface area contributed by atoms with Crippen LogP contribution in [0, 0.1) is 0 Å². The van der Waals surface area contributed by atoms with Crippen molar-refractivity contribution in [3.63, 3.8) is 0 Å². The molecule has 0 aliphatic carbocycles. The van der Waals surface area contributed by atoms with Crippen molar-refractivity contribution in [2.75, 3.05) is 46.4 Å². The van der Waals surface area contributed by atoms with Gasteiger partial charge in [0.05, 0.1) is 13.2 Å². The first kappa shape index (κ1) is 17.3. The summed E-state index contributed by atoms with van der Waals surface area (Å²) in [5.74, 6) is 0.763. The third kappa shape index (κ3) is 5.65. The summed E-state index contributed by atoms with van der Waals surface area (Å²) in [6.45, 7) is 6.05. The molecule has 1 aromatic rings. The van der Waals surface area contributed by atoms with Crippen molar-refractivity contribution in [1.29, 1.82) is 0 Å². The lowest BCUT2D eigenvalue weighted by Gasteiger charge is -2.26. The van der Waals surface area contributed by atoms with E-state index in [2.05, 4.69) is 20.5 Å². The van der Waals surface area contributed by atoms with Gasteiger partial charge in [0.15, 0.2) is 5.96 Å². The molecule has 1 saturated heterocycles. The Kier molecular flexibility index (Phi) is 7.25. The molecule has 1 aromatic carbocycles. The standard InChI is InChI=1S/C15H22Cl2N4O/c1-18-15(19-4-5-21-6-8-22-9-7-21)20-11-12-2-3-13(16)10-14(12)17/h2-3,10H,4-9,11H2,1H3,(H2,18,19,20). The van der Waals surface area contributed by atoms with Gasteiger partial charge in [-0.2, -0.15) is 0 Å². The first-order chi connectivity index (χ1) is 10.7. The van der Waals surface area contributed by atoms with Crippen molar-refractivity contribution in [2.24, 2.45) is 4.99 Å². The molecule has 22 heavy (non-hydrogen) atoms. The predicted octanol–water partition coefficient (Wildman–Crippen LogP) is 1.99. The van der Waals surface area contributed by atoms with E-state index >= 15 is 0 Å². The molecule has 1 heterocycles. The normalized spacial score (nSPS) is 16.6. The van der Waals surface area contributed by atoms with Crippen LogP contribution in [0.5, 0.6) is 0 Å². The minimum atomic E-state index is 0.604. The van der Waals surface area contributed by atoms with Gasteiger partial charge in [-0.3, -0.25) is 9.89 Å². The Hall–Kier alpha value is -1.01. The summed E-state index contributed by atoms with van der Waals surface area (Å²) in [5.41, 5.74) is 0.988. The van der Waals surface area contributed by atoms with Gasteiger partial charge in [-0.05, 0) is 17.7 Å². The zero-order valence-corrected chi connectivity index (χ0v) is 14.3. The largest absolute Gasteiger partial charge is 0.379 e. The minimum absolute atomic E-state index is 0.604. The SMILES string of the molecule is CN=C(NCCN1CCOCC1)NCc1ccc(Cl)cc1Cl. The Bertz CT molecular complexity index is 504. The highest BCUT2D eigenvalue weighted by Crippen LogP contribution is 2.20. The average Bonchev–Trinajstić information content (AvgIpc) is 2.53. The van der Waals surface area contributed by atoms with Gasteiger partial charge in [-0.1, -0.05) is 29.3 Å². The smallest absolute Gasteiger partial charge is 0.191 e. The van der Waals surface area contributed by atoms with E-state index < -0.39 is 0 Å².